The van der Waals surface area contributed by atoms with Crippen molar-refractivity contribution in [1.82, 2.24) is 25.2 Å². The molecule has 0 aliphatic rings. The van der Waals surface area contributed by atoms with Gasteiger partial charge < -0.3 is 19.9 Å². The first-order valence-corrected chi connectivity index (χ1v) is 10.6. The van der Waals surface area contributed by atoms with E-state index in [4.69, 9.17) is 4.74 Å². The third-order valence-electron chi connectivity index (χ3n) is 4.48. The Kier molecular flexibility index (Phi) is 7.35. The Morgan fingerprint density at radius 1 is 1.42 bits per heavy atom. The van der Waals surface area contributed by atoms with Crippen LogP contribution < -0.4 is 10.6 Å². The Hall–Kier alpha value is -3.27. The van der Waals surface area contributed by atoms with Gasteiger partial charge in [0.25, 0.3) is 0 Å². The fraction of sp³-hybridized carbons (Fsp3) is 0.333. The summed E-state index contributed by atoms with van der Waals surface area (Å²) in [4.78, 5) is 25.2. The topological polar surface area (TPSA) is 93.4 Å². The first kappa shape index (κ1) is 22.4. The van der Waals surface area contributed by atoms with Gasteiger partial charge in [0.15, 0.2) is 5.96 Å². The summed E-state index contributed by atoms with van der Waals surface area (Å²) in [6.07, 6.45) is 4.85. The molecule has 31 heavy (non-hydrogen) atoms. The minimum absolute atomic E-state index is 0.182. The second-order valence-electron chi connectivity index (χ2n) is 6.73. The van der Waals surface area contributed by atoms with E-state index in [1.165, 1.54) is 17.4 Å². The summed E-state index contributed by atoms with van der Waals surface area (Å²) in [6.45, 7) is 6.19. The minimum atomic E-state index is -0.361. The van der Waals surface area contributed by atoms with Crippen molar-refractivity contribution in [2.24, 2.45) is 4.99 Å². The van der Waals surface area contributed by atoms with E-state index in [0.717, 1.165) is 10.6 Å². The maximum Gasteiger partial charge on any atom is 0.350 e. The number of nitrogens with zero attached hydrogens (tertiary/aromatic N) is 4. The van der Waals surface area contributed by atoms with Crippen LogP contribution in [-0.4, -0.2) is 40.1 Å². The number of halogens is 1. The molecular weight excluding hydrogens is 419 g/mol. The number of ether oxygens (including phenoxy) is 1. The molecule has 2 heterocycles. The van der Waals surface area contributed by atoms with Crippen LogP contribution in [0.5, 0.6) is 0 Å². The monoisotopic (exact) mass is 444 g/mol. The highest BCUT2D eigenvalue weighted by molar-refractivity contribution is 7.13. The Morgan fingerprint density at radius 2 is 2.23 bits per heavy atom. The average molecular weight is 445 g/mol. The summed E-state index contributed by atoms with van der Waals surface area (Å²) in [6, 6.07) is 4.85. The normalized spacial score (nSPS) is 12.5. The van der Waals surface area contributed by atoms with E-state index < -0.39 is 0 Å². The molecular formula is C21H25FN6O2S. The molecule has 8 nitrogen and oxygen atoms in total. The number of carbonyl (C=O) groups excluding carboxylic acids is 1. The lowest BCUT2D eigenvalue weighted by molar-refractivity contribution is 0.0531. The third kappa shape index (κ3) is 5.46. The highest BCUT2D eigenvalue weighted by Crippen LogP contribution is 2.24. The van der Waals surface area contributed by atoms with Crippen LogP contribution in [0.1, 0.15) is 45.8 Å². The molecule has 1 aromatic carbocycles. The fourth-order valence-electron chi connectivity index (χ4n) is 2.91. The van der Waals surface area contributed by atoms with E-state index >= 15 is 0 Å². The molecule has 10 heteroatoms. The van der Waals surface area contributed by atoms with Crippen molar-refractivity contribution in [2.45, 2.75) is 33.4 Å². The van der Waals surface area contributed by atoms with Crippen LogP contribution in [0.2, 0.25) is 0 Å². The average Bonchev–Trinajstić information content (AvgIpc) is 3.41. The second-order valence-corrected chi connectivity index (χ2v) is 7.77. The van der Waals surface area contributed by atoms with E-state index in [1.54, 1.807) is 50.2 Å². The van der Waals surface area contributed by atoms with Crippen LogP contribution in [-0.2, 0) is 11.3 Å². The minimum Gasteiger partial charge on any atom is -0.462 e. The number of hydrogen-bond acceptors (Lipinski definition) is 6. The molecule has 0 spiro atoms. The summed E-state index contributed by atoms with van der Waals surface area (Å²) in [7, 11) is 1.65. The van der Waals surface area contributed by atoms with Crippen LogP contribution in [0.15, 0.2) is 41.9 Å². The third-order valence-corrected chi connectivity index (χ3v) is 5.80. The van der Waals surface area contributed by atoms with Gasteiger partial charge in [0.05, 0.1) is 30.4 Å². The Balaban J connectivity index is 1.61. The van der Waals surface area contributed by atoms with Gasteiger partial charge in [-0.05, 0) is 38.5 Å². The van der Waals surface area contributed by atoms with Crippen molar-refractivity contribution in [3.63, 3.8) is 0 Å². The number of esters is 1. The quantitative estimate of drug-likeness (QED) is 0.330. The van der Waals surface area contributed by atoms with Crippen molar-refractivity contribution in [3.05, 3.63) is 63.9 Å². The molecule has 0 bridgehead atoms. The molecule has 3 rings (SSSR count). The molecule has 0 saturated carbocycles. The maximum absolute atomic E-state index is 14.4. The maximum atomic E-state index is 14.4. The number of thiazole rings is 1. The standard InChI is InChI=1S/C21H25FN6O2S/c1-5-30-20(29)18-13(2)26-19(31-18)14(3)27-21(23-4)25-11-15-6-7-17(16(22)10-15)28-9-8-24-12-28/h6-10,12,14H,5,11H2,1-4H3,(H2,23,25,27). The predicted molar refractivity (Wildman–Crippen MR) is 118 cm³/mol. The largest absolute Gasteiger partial charge is 0.462 e. The number of benzene rings is 1. The summed E-state index contributed by atoms with van der Waals surface area (Å²) in [5.74, 6) is -0.157. The number of aliphatic imine (C=N–C) groups is 1. The molecule has 0 radical (unpaired) electrons. The van der Waals surface area contributed by atoms with Gasteiger partial charge in [0, 0.05) is 26.0 Å². The molecule has 164 valence electrons. The molecule has 0 aliphatic heterocycles. The lowest BCUT2D eigenvalue weighted by Crippen LogP contribution is -2.38. The lowest BCUT2D eigenvalue weighted by atomic mass is 10.2. The Bertz CT molecular complexity index is 1060. The molecule has 0 fully saturated rings. The van der Waals surface area contributed by atoms with Gasteiger partial charge in [0.1, 0.15) is 15.7 Å². The van der Waals surface area contributed by atoms with Gasteiger partial charge in [-0.1, -0.05) is 6.07 Å². The summed E-state index contributed by atoms with van der Waals surface area (Å²) >= 11 is 1.30. The first-order valence-electron chi connectivity index (χ1n) is 9.81. The van der Waals surface area contributed by atoms with Crippen LogP contribution in [0.3, 0.4) is 0 Å². The summed E-state index contributed by atoms with van der Waals surface area (Å²) < 4.78 is 21.1. The number of aromatic nitrogens is 3. The summed E-state index contributed by atoms with van der Waals surface area (Å²) in [5.41, 5.74) is 1.85. The lowest BCUT2D eigenvalue weighted by Gasteiger charge is -2.16. The molecule has 0 saturated heterocycles. The van der Waals surface area contributed by atoms with Crippen molar-refractivity contribution >= 4 is 23.3 Å². The fourth-order valence-corrected chi connectivity index (χ4v) is 3.87. The van der Waals surface area contributed by atoms with E-state index in [1.807, 2.05) is 13.0 Å². The molecule has 2 aromatic heterocycles. The Morgan fingerprint density at radius 3 is 2.87 bits per heavy atom. The van der Waals surface area contributed by atoms with Gasteiger partial charge in [-0.15, -0.1) is 11.3 Å². The number of nitrogens with one attached hydrogen (secondary N) is 2. The van der Waals surface area contributed by atoms with E-state index in [2.05, 4.69) is 25.6 Å². The van der Waals surface area contributed by atoms with Gasteiger partial charge in [-0.2, -0.15) is 0 Å². The number of aryl methyl sites for hydroxylation is 1. The number of imidazole rings is 1. The van der Waals surface area contributed by atoms with Gasteiger partial charge >= 0.3 is 5.97 Å². The van der Waals surface area contributed by atoms with Crippen LogP contribution in [0.4, 0.5) is 4.39 Å². The van der Waals surface area contributed by atoms with Gasteiger partial charge in [-0.3, -0.25) is 4.99 Å². The Labute approximate surface area is 184 Å². The van der Waals surface area contributed by atoms with Crippen molar-refractivity contribution in [1.29, 1.82) is 0 Å². The van der Waals surface area contributed by atoms with E-state index in [-0.39, 0.29) is 17.8 Å². The predicted octanol–water partition coefficient (Wildman–Crippen LogP) is 3.38. The van der Waals surface area contributed by atoms with Gasteiger partial charge in [-0.25, -0.2) is 19.2 Å². The zero-order valence-electron chi connectivity index (χ0n) is 17.8. The number of rotatable bonds is 7. The molecule has 3 aromatic rings. The highest BCUT2D eigenvalue weighted by Gasteiger charge is 2.20. The molecule has 0 amide bonds. The number of hydrogen-bond donors (Lipinski definition) is 2. The molecule has 0 aliphatic carbocycles. The van der Waals surface area contributed by atoms with E-state index in [9.17, 15) is 9.18 Å². The number of guanidine groups is 1. The molecule has 1 atom stereocenters. The van der Waals surface area contributed by atoms with Crippen molar-refractivity contribution in [3.8, 4) is 5.69 Å². The molecule has 2 N–H and O–H groups in total. The SMILES string of the molecule is CCOC(=O)c1sc(C(C)NC(=NC)NCc2ccc(-n3ccnc3)c(F)c2)nc1C. The molecule has 1 unspecified atom stereocenters. The number of carbonyl (C=O) groups is 1. The smallest absolute Gasteiger partial charge is 0.350 e. The zero-order chi connectivity index (χ0) is 22.4. The summed E-state index contributed by atoms with van der Waals surface area (Å²) in [5, 5.41) is 7.16. The van der Waals surface area contributed by atoms with Gasteiger partial charge in [0.2, 0.25) is 0 Å². The highest BCUT2D eigenvalue weighted by atomic mass is 32.1. The van der Waals surface area contributed by atoms with E-state index in [0.29, 0.717) is 35.4 Å². The van der Waals surface area contributed by atoms with Crippen LogP contribution in [0.25, 0.3) is 5.69 Å². The first-order chi connectivity index (χ1) is 14.9. The second kappa shape index (κ2) is 10.2. The van der Waals surface area contributed by atoms with Crippen molar-refractivity contribution < 1.29 is 13.9 Å². The van der Waals surface area contributed by atoms with Crippen LogP contribution >= 0.6 is 11.3 Å². The van der Waals surface area contributed by atoms with Crippen LogP contribution in [0, 0.1) is 12.7 Å². The zero-order valence-corrected chi connectivity index (χ0v) is 18.7. The van der Waals surface area contributed by atoms with Crippen molar-refractivity contribution in [2.75, 3.05) is 13.7 Å².